The summed E-state index contributed by atoms with van der Waals surface area (Å²) in [5, 5.41) is 4.31. The predicted octanol–water partition coefficient (Wildman–Crippen LogP) is 6.34. The van der Waals surface area contributed by atoms with Gasteiger partial charge in [-0.2, -0.15) is 0 Å². The van der Waals surface area contributed by atoms with Crippen LogP contribution in [0.25, 0.3) is 10.4 Å². The lowest BCUT2D eigenvalue weighted by Crippen LogP contribution is -2.42. The SMILES string of the molecule is COc1ccc(-c2sc(NC(C)(C)C3CCOCC3)nc2C)cc1S(=O)(=O)Nc1ccc(F)cc1Cl. The van der Waals surface area contributed by atoms with E-state index in [2.05, 4.69) is 23.9 Å². The van der Waals surface area contributed by atoms with Gasteiger partial charge in [-0.15, -0.1) is 0 Å². The molecule has 1 fully saturated rings. The molecule has 0 amide bonds. The fourth-order valence-electron chi connectivity index (χ4n) is 4.31. The van der Waals surface area contributed by atoms with Crippen molar-refractivity contribution in [3.05, 3.63) is 52.9 Å². The van der Waals surface area contributed by atoms with Crippen molar-refractivity contribution in [2.24, 2.45) is 5.92 Å². The van der Waals surface area contributed by atoms with E-state index in [4.69, 9.17) is 26.1 Å². The van der Waals surface area contributed by atoms with Gasteiger partial charge >= 0.3 is 0 Å². The lowest BCUT2D eigenvalue weighted by Gasteiger charge is -2.37. The Hall–Kier alpha value is -2.40. The number of sulfonamides is 1. The van der Waals surface area contributed by atoms with Gasteiger partial charge in [-0.1, -0.05) is 22.9 Å². The first-order valence-electron chi connectivity index (χ1n) is 11.5. The van der Waals surface area contributed by atoms with Crippen LogP contribution in [0.1, 0.15) is 32.4 Å². The van der Waals surface area contributed by atoms with Crippen molar-refractivity contribution in [2.75, 3.05) is 30.4 Å². The minimum absolute atomic E-state index is 0.0464. The Bertz CT molecular complexity index is 1360. The zero-order chi connectivity index (χ0) is 26.1. The minimum Gasteiger partial charge on any atom is -0.495 e. The third-order valence-electron chi connectivity index (χ3n) is 6.36. The third-order valence-corrected chi connectivity index (χ3v) is 9.18. The van der Waals surface area contributed by atoms with Gasteiger partial charge in [0.25, 0.3) is 10.0 Å². The molecule has 4 rings (SSSR count). The summed E-state index contributed by atoms with van der Waals surface area (Å²) in [6.45, 7) is 7.76. The smallest absolute Gasteiger partial charge is 0.265 e. The van der Waals surface area contributed by atoms with Gasteiger partial charge in [0.2, 0.25) is 0 Å². The van der Waals surface area contributed by atoms with Crippen molar-refractivity contribution in [3.63, 3.8) is 0 Å². The van der Waals surface area contributed by atoms with E-state index in [1.807, 2.05) is 6.92 Å². The highest BCUT2D eigenvalue weighted by Gasteiger charge is 2.32. The Kier molecular flexibility index (Phi) is 7.80. The molecule has 0 saturated carbocycles. The minimum atomic E-state index is -4.10. The van der Waals surface area contributed by atoms with Crippen LogP contribution < -0.4 is 14.8 Å². The number of halogens is 2. The topological polar surface area (TPSA) is 89.5 Å². The first-order valence-corrected chi connectivity index (χ1v) is 14.2. The molecule has 2 heterocycles. The lowest BCUT2D eigenvalue weighted by molar-refractivity contribution is 0.0491. The number of hydrogen-bond acceptors (Lipinski definition) is 7. The molecule has 1 aromatic heterocycles. The third kappa shape index (κ3) is 5.77. The number of methoxy groups -OCH3 is 1. The van der Waals surface area contributed by atoms with Crippen LogP contribution in [0.5, 0.6) is 5.75 Å². The summed E-state index contributed by atoms with van der Waals surface area (Å²) < 4.78 is 53.2. The van der Waals surface area contributed by atoms with Gasteiger partial charge in [0.05, 0.1) is 28.4 Å². The molecule has 7 nitrogen and oxygen atoms in total. The van der Waals surface area contributed by atoms with Gasteiger partial charge in [-0.25, -0.2) is 17.8 Å². The second kappa shape index (κ2) is 10.5. The number of ether oxygens (including phenoxy) is 2. The Morgan fingerprint density at radius 2 is 1.92 bits per heavy atom. The summed E-state index contributed by atoms with van der Waals surface area (Å²) >= 11 is 7.51. The zero-order valence-corrected chi connectivity index (χ0v) is 22.9. The molecular formula is C25H29ClFN3O4S2. The summed E-state index contributed by atoms with van der Waals surface area (Å²) in [6.07, 6.45) is 1.98. The van der Waals surface area contributed by atoms with Gasteiger partial charge in [0.1, 0.15) is 16.5 Å². The van der Waals surface area contributed by atoms with Crippen LogP contribution in [-0.2, 0) is 14.8 Å². The monoisotopic (exact) mass is 553 g/mol. The molecule has 3 aromatic rings. The van der Waals surface area contributed by atoms with Gasteiger partial charge in [-0.05, 0) is 81.5 Å². The van der Waals surface area contributed by atoms with Crippen LogP contribution in [0.2, 0.25) is 5.02 Å². The van der Waals surface area contributed by atoms with Crippen LogP contribution in [0, 0.1) is 18.7 Å². The first kappa shape index (κ1) is 26.7. The molecule has 0 unspecified atom stereocenters. The maximum Gasteiger partial charge on any atom is 0.265 e. The van der Waals surface area contributed by atoms with Crippen molar-refractivity contribution in [2.45, 2.75) is 44.0 Å². The normalized spacial score (nSPS) is 15.1. The number of rotatable bonds is 8. The number of benzene rings is 2. The highest BCUT2D eigenvalue weighted by molar-refractivity contribution is 7.92. The predicted molar refractivity (Wildman–Crippen MR) is 142 cm³/mol. The molecule has 2 N–H and O–H groups in total. The number of aryl methyl sites for hydroxylation is 1. The molecule has 0 aliphatic carbocycles. The number of nitrogens with zero attached hydrogens (tertiary/aromatic N) is 1. The zero-order valence-electron chi connectivity index (χ0n) is 20.5. The second-order valence-corrected chi connectivity index (χ2v) is 12.3. The van der Waals surface area contributed by atoms with Crippen molar-refractivity contribution in [3.8, 4) is 16.2 Å². The molecule has 2 aromatic carbocycles. The fourth-order valence-corrected chi connectivity index (χ4v) is 6.99. The standard InChI is InChI=1S/C25H29ClFN3O4S2/c1-15-23(35-24(28-15)29-25(2,3)17-9-11-34-12-10-17)16-5-8-21(33-4)22(13-16)36(31,32)30-20-7-6-18(27)14-19(20)26/h5-8,13-14,17,30H,9-12H2,1-4H3,(H,28,29). The number of aromatic nitrogens is 1. The molecule has 0 atom stereocenters. The van der Waals surface area contributed by atoms with E-state index in [0.29, 0.717) is 11.5 Å². The molecule has 1 saturated heterocycles. The molecule has 1 aliphatic heterocycles. The van der Waals surface area contributed by atoms with E-state index in [9.17, 15) is 12.8 Å². The van der Waals surface area contributed by atoms with Crippen LogP contribution in [0.4, 0.5) is 15.2 Å². The highest BCUT2D eigenvalue weighted by atomic mass is 35.5. The Morgan fingerprint density at radius 1 is 1.19 bits per heavy atom. The number of hydrogen-bond donors (Lipinski definition) is 2. The van der Waals surface area contributed by atoms with Crippen LogP contribution >= 0.6 is 22.9 Å². The summed E-state index contributed by atoms with van der Waals surface area (Å²) in [5.41, 5.74) is 1.38. The Balaban J connectivity index is 1.64. The van der Waals surface area contributed by atoms with Crippen LogP contribution in [-0.4, -0.2) is 39.3 Å². The van der Waals surface area contributed by atoms with Crippen molar-refractivity contribution in [1.82, 2.24) is 4.98 Å². The molecule has 194 valence electrons. The molecule has 11 heteroatoms. The average Bonchev–Trinajstić information content (AvgIpc) is 3.20. The van der Waals surface area contributed by atoms with Crippen LogP contribution in [0.3, 0.4) is 0 Å². The highest BCUT2D eigenvalue weighted by Crippen LogP contribution is 2.39. The molecule has 0 bridgehead atoms. The molecule has 0 spiro atoms. The fraction of sp³-hybridized carbons (Fsp3) is 0.400. The maximum absolute atomic E-state index is 13.4. The molecule has 36 heavy (non-hydrogen) atoms. The van der Waals surface area contributed by atoms with Crippen molar-refractivity contribution in [1.29, 1.82) is 0 Å². The quantitative estimate of drug-likeness (QED) is 0.338. The second-order valence-electron chi connectivity index (χ2n) is 9.26. The van der Waals surface area contributed by atoms with E-state index < -0.39 is 15.8 Å². The van der Waals surface area contributed by atoms with E-state index in [0.717, 1.165) is 53.9 Å². The van der Waals surface area contributed by atoms with E-state index in [-0.39, 0.29) is 26.9 Å². The number of nitrogens with one attached hydrogen (secondary N) is 2. The van der Waals surface area contributed by atoms with Crippen molar-refractivity contribution < 1.29 is 22.3 Å². The van der Waals surface area contributed by atoms with Gasteiger partial charge in [0.15, 0.2) is 5.13 Å². The maximum atomic E-state index is 13.4. The molecule has 1 aliphatic rings. The van der Waals surface area contributed by atoms with Gasteiger partial charge in [0, 0.05) is 18.8 Å². The summed E-state index contributed by atoms with van der Waals surface area (Å²) in [7, 11) is -2.70. The average molecular weight is 554 g/mol. The largest absolute Gasteiger partial charge is 0.495 e. The lowest BCUT2D eigenvalue weighted by atomic mass is 9.82. The van der Waals surface area contributed by atoms with Crippen molar-refractivity contribution >= 4 is 43.8 Å². The van der Waals surface area contributed by atoms with E-state index >= 15 is 0 Å². The Labute approximate surface area is 220 Å². The molecular weight excluding hydrogens is 525 g/mol. The van der Waals surface area contributed by atoms with Gasteiger partial charge in [-0.3, -0.25) is 4.72 Å². The first-order chi connectivity index (χ1) is 17.0. The van der Waals surface area contributed by atoms with Crippen LogP contribution in [0.15, 0.2) is 41.3 Å². The summed E-state index contributed by atoms with van der Waals surface area (Å²) in [4.78, 5) is 5.50. The summed E-state index contributed by atoms with van der Waals surface area (Å²) in [6, 6.07) is 8.41. The van der Waals surface area contributed by atoms with E-state index in [1.165, 1.54) is 24.5 Å². The number of thiazole rings is 1. The number of anilines is 2. The molecule has 0 radical (unpaired) electrons. The van der Waals surface area contributed by atoms with E-state index in [1.54, 1.807) is 18.2 Å². The summed E-state index contributed by atoms with van der Waals surface area (Å²) in [5.74, 6) is 0.0688. The Morgan fingerprint density at radius 3 is 2.58 bits per heavy atom. The van der Waals surface area contributed by atoms with Gasteiger partial charge < -0.3 is 14.8 Å².